The summed E-state index contributed by atoms with van der Waals surface area (Å²) < 4.78 is 17.5. The number of rotatable bonds is 9. The molecule has 3 aromatic carbocycles. The zero-order chi connectivity index (χ0) is 25.6. The molecule has 2 aliphatic heterocycles. The highest BCUT2D eigenvalue weighted by molar-refractivity contribution is 8.27. The number of amides is 1. The highest BCUT2D eigenvalue weighted by Gasteiger charge is 2.35. The van der Waals surface area contributed by atoms with Crippen LogP contribution in [-0.4, -0.2) is 40.2 Å². The summed E-state index contributed by atoms with van der Waals surface area (Å²) in [6, 6.07) is 24.7. The largest absolute Gasteiger partial charge is 0.490 e. The number of carbonyl (C=O) groups excluding carboxylic acids is 1. The topological polar surface area (TPSA) is 96.6 Å². The van der Waals surface area contributed by atoms with Crippen LogP contribution in [0.15, 0.2) is 94.5 Å². The molecule has 186 valence electrons. The van der Waals surface area contributed by atoms with Gasteiger partial charge in [0, 0.05) is 0 Å². The van der Waals surface area contributed by atoms with Gasteiger partial charge < -0.3 is 14.2 Å². The lowest BCUT2D eigenvalue weighted by Gasteiger charge is -2.20. The maximum atomic E-state index is 12.8. The molecule has 0 radical (unpaired) electrons. The molecule has 0 bridgehead atoms. The van der Waals surface area contributed by atoms with Crippen molar-refractivity contribution in [1.82, 2.24) is 5.01 Å². The fourth-order valence-corrected chi connectivity index (χ4v) is 4.45. The van der Waals surface area contributed by atoms with Crippen molar-refractivity contribution in [1.29, 1.82) is 5.41 Å². The Morgan fingerprint density at radius 2 is 1.68 bits per heavy atom. The highest BCUT2D eigenvalue weighted by Crippen LogP contribution is 2.32. The zero-order valence-electron chi connectivity index (χ0n) is 20.1. The molecule has 0 aromatic heterocycles. The number of hydrogen-bond acceptors (Lipinski definition) is 7. The molecule has 0 saturated heterocycles. The van der Waals surface area contributed by atoms with Crippen LogP contribution in [-0.2, 0) is 11.4 Å². The minimum atomic E-state index is -0.494. The Bertz CT molecular complexity index is 1400. The van der Waals surface area contributed by atoms with Crippen molar-refractivity contribution in [3.05, 3.63) is 95.6 Å². The number of nitrogens with zero attached hydrogens (tertiary/aromatic N) is 3. The summed E-state index contributed by atoms with van der Waals surface area (Å²) in [5.74, 6) is 1.33. The van der Waals surface area contributed by atoms with E-state index in [1.54, 1.807) is 18.2 Å². The Hall–Kier alpha value is -4.37. The van der Waals surface area contributed by atoms with Gasteiger partial charge in [0.15, 0.2) is 17.3 Å². The van der Waals surface area contributed by atoms with Gasteiger partial charge in [-0.15, -0.1) is 0 Å². The number of amidine groups is 2. The summed E-state index contributed by atoms with van der Waals surface area (Å²) in [6.07, 6.45) is 1.62. The highest BCUT2D eigenvalue weighted by atomic mass is 32.2. The summed E-state index contributed by atoms with van der Waals surface area (Å²) in [5.41, 5.74) is 1.87. The second-order valence-electron chi connectivity index (χ2n) is 8.03. The molecule has 0 spiro atoms. The third-order valence-electron chi connectivity index (χ3n) is 5.42. The molecule has 0 aliphatic carbocycles. The number of para-hydroxylation sites is 1. The molecule has 5 rings (SSSR count). The molecule has 2 aliphatic rings. The minimum absolute atomic E-state index is 0.0421. The Kier molecular flexibility index (Phi) is 7.32. The van der Waals surface area contributed by atoms with Crippen LogP contribution >= 0.6 is 11.8 Å². The van der Waals surface area contributed by atoms with Gasteiger partial charge in [-0.2, -0.15) is 15.1 Å². The number of fused-ring (bicyclic) bond motifs is 1. The third kappa shape index (κ3) is 5.73. The van der Waals surface area contributed by atoms with Gasteiger partial charge in [-0.3, -0.25) is 10.2 Å². The Balaban J connectivity index is 1.32. The van der Waals surface area contributed by atoms with E-state index in [2.05, 4.69) is 10.1 Å². The molecular formula is C28H24N4O4S. The number of hydrazone groups is 1. The molecule has 1 N–H and O–H groups in total. The van der Waals surface area contributed by atoms with Crippen LogP contribution in [0.5, 0.6) is 17.2 Å². The summed E-state index contributed by atoms with van der Waals surface area (Å²) in [6.45, 7) is 2.97. The summed E-state index contributed by atoms with van der Waals surface area (Å²) in [7, 11) is 0. The fraction of sp³-hybridized carbons (Fsp3) is 0.143. The standard InChI is InChI=1S/C28H24N4O4S/c1-2-34-24-16-20(13-14-23(24)36-17-19-9-5-3-6-10-19)15-22-26(29)32-28(30-27(22)33)37-25(31-32)18-35-21-11-7-4-8-12-21/h3-16,29H,2,17-18H2,1H3. The number of nitrogens with one attached hydrogen (secondary N) is 1. The van der Waals surface area contributed by atoms with Crippen LogP contribution in [0.2, 0.25) is 0 Å². The first-order chi connectivity index (χ1) is 18.1. The van der Waals surface area contributed by atoms with Gasteiger partial charge in [0.05, 0.1) is 12.2 Å². The summed E-state index contributed by atoms with van der Waals surface area (Å²) in [5, 5.41) is 15.4. The van der Waals surface area contributed by atoms with Crippen molar-refractivity contribution in [3.8, 4) is 17.2 Å². The number of aliphatic imine (C=N–C) groups is 1. The van der Waals surface area contributed by atoms with Crippen molar-refractivity contribution >= 4 is 39.8 Å². The third-order valence-corrected chi connectivity index (χ3v) is 6.30. The summed E-state index contributed by atoms with van der Waals surface area (Å²) in [4.78, 5) is 16.9. The number of ether oxygens (including phenoxy) is 3. The molecule has 9 heteroatoms. The van der Waals surface area contributed by atoms with Crippen LogP contribution in [0.25, 0.3) is 6.08 Å². The van der Waals surface area contributed by atoms with Crippen LogP contribution in [0.4, 0.5) is 0 Å². The van der Waals surface area contributed by atoms with Crippen LogP contribution < -0.4 is 14.2 Å². The molecular weight excluding hydrogens is 488 g/mol. The number of hydrogen-bond donors (Lipinski definition) is 1. The van der Waals surface area contributed by atoms with E-state index < -0.39 is 5.91 Å². The van der Waals surface area contributed by atoms with Crippen molar-refractivity contribution in [3.63, 3.8) is 0 Å². The van der Waals surface area contributed by atoms with Crippen LogP contribution in [0.3, 0.4) is 0 Å². The van der Waals surface area contributed by atoms with Crippen molar-refractivity contribution in [2.45, 2.75) is 13.5 Å². The molecule has 37 heavy (non-hydrogen) atoms. The molecule has 3 aromatic rings. The average Bonchev–Trinajstić information content (AvgIpc) is 3.34. The molecule has 0 atom stereocenters. The molecule has 2 heterocycles. The predicted molar refractivity (Wildman–Crippen MR) is 145 cm³/mol. The van der Waals surface area contributed by atoms with Gasteiger partial charge in [0.25, 0.3) is 5.91 Å². The van der Waals surface area contributed by atoms with Crippen LogP contribution in [0.1, 0.15) is 18.1 Å². The van der Waals surface area contributed by atoms with E-state index in [9.17, 15) is 4.79 Å². The first-order valence-electron chi connectivity index (χ1n) is 11.7. The van der Waals surface area contributed by atoms with E-state index in [4.69, 9.17) is 19.6 Å². The molecule has 8 nitrogen and oxygen atoms in total. The van der Waals surface area contributed by atoms with Gasteiger partial charge in [-0.05, 0) is 60.2 Å². The van der Waals surface area contributed by atoms with E-state index in [0.717, 1.165) is 5.56 Å². The second kappa shape index (κ2) is 11.1. The van der Waals surface area contributed by atoms with Gasteiger partial charge >= 0.3 is 0 Å². The lowest BCUT2D eigenvalue weighted by atomic mass is 10.1. The average molecular weight is 513 g/mol. The SMILES string of the molecule is CCOc1cc(C=C2C(=N)N3N=C(COc4ccccc4)SC3=NC2=O)ccc1OCc1ccccc1. The van der Waals surface area contributed by atoms with Gasteiger partial charge in [0.1, 0.15) is 24.0 Å². The molecule has 0 unspecified atom stereocenters. The fourth-order valence-electron chi connectivity index (χ4n) is 3.66. The van der Waals surface area contributed by atoms with E-state index in [0.29, 0.717) is 46.2 Å². The normalized spacial score (nSPS) is 15.8. The first kappa shape index (κ1) is 24.3. The number of benzene rings is 3. The number of carbonyl (C=O) groups is 1. The Morgan fingerprint density at radius 3 is 2.43 bits per heavy atom. The maximum Gasteiger partial charge on any atom is 0.283 e. The van der Waals surface area contributed by atoms with E-state index >= 15 is 0 Å². The lowest BCUT2D eigenvalue weighted by Crippen LogP contribution is -2.35. The first-order valence-corrected chi connectivity index (χ1v) is 12.5. The molecule has 0 saturated carbocycles. The smallest absolute Gasteiger partial charge is 0.283 e. The monoisotopic (exact) mass is 512 g/mol. The van der Waals surface area contributed by atoms with E-state index in [1.165, 1.54) is 16.8 Å². The Labute approximate surface area is 218 Å². The summed E-state index contributed by atoms with van der Waals surface area (Å²) >= 11 is 1.22. The van der Waals surface area contributed by atoms with Gasteiger partial charge in [-0.25, -0.2) is 0 Å². The predicted octanol–water partition coefficient (Wildman–Crippen LogP) is 5.36. The van der Waals surface area contributed by atoms with Crippen molar-refractivity contribution in [2.75, 3.05) is 13.2 Å². The molecule has 1 amide bonds. The lowest BCUT2D eigenvalue weighted by molar-refractivity contribution is -0.114. The van der Waals surface area contributed by atoms with Crippen molar-refractivity contribution < 1.29 is 19.0 Å². The molecule has 0 fully saturated rings. The number of thioether (sulfide) groups is 1. The van der Waals surface area contributed by atoms with Gasteiger partial charge in [-0.1, -0.05) is 54.6 Å². The second-order valence-corrected chi connectivity index (χ2v) is 9.07. The quantitative estimate of drug-likeness (QED) is 0.388. The minimum Gasteiger partial charge on any atom is -0.490 e. The maximum absolute atomic E-state index is 12.8. The van der Waals surface area contributed by atoms with Crippen molar-refractivity contribution in [2.24, 2.45) is 10.1 Å². The van der Waals surface area contributed by atoms with Crippen LogP contribution in [0, 0.1) is 5.41 Å². The van der Waals surface area contributed by atoms with Gasteiger partial charge in [0.2, 0.25) is 5.17 Å². The van der Waals surface area contributed by atoms with E-state index in [1.807, 2.05) is 73.7 Å². The zero-order valence-corrected chi connectivity index (χ0v) is 20.9. The Morgan fingerprint density at radius 1 is 0.919 bits per heavy atom. The van der Waals surface area contributed by atoms with E-state index in [-0.39, 0.29) is 18.0 Å².